The largest absolute Gasteiger partial charge is 0.352 e. The van der Waals surface area contributed by atoms with E-state index in [0.717, 1.165) is 12.1 Å². The Morgan fingerprint density at radius 1 is 1.04 bits per heavy atom. The summed E-state index contributed by atoms with van der Waals surface area (Å²) >= 11 is 0. The molecule has 0 bridgehead atoms. The zero-order valence-corrected chi connectivity index (χ0v) is 15.7. The van der Waals surface area contributed by atoms with Gasteiger partial charge in [0.1, 0.15) is 0 Å². The molecule has 0 unspecified atom stereocenters. The Labute approximate surface area is 152 Å². The second kappa shape index (κ2) is 7.95. The molecule has 2 aromatic carbocycles. The average molecular weight is 381 g/mol. The van der Waals surface area contributed by atoms with Gasteiger partial charge in [0.15, 0.2) is 0 Å². The van der Waals surface area contributed by atoms with Gasteiger partial charge in [-0.1, -0.05) is 17.7 Å². The molecule has 0 saturated carbocycles. The molecule has 0 fully saturated rings. The fraction of sp³-hybridized carbons (Fsp3) is 0.316. The monoisotopic (exact) mass is 381 g/mol. The van der Waals surface area contributed by atoms with Gasteiger partial charge in [-0.2, -0.15) is 8.78 Å². The van der Waals surface area contributed by atoms with Gasteiger partial charge >= 0.3 is 5.76 Å². The van der Waals surface area contributed by atoms with Gasteiger partial charge in [-0.05, 0) is 68.1 Å². The second-order valence-corrected chi connectivity index (χ2v) is 8.13. The molecule has 0 heterocycles. The SMILES string of the molecule is Cc1cc(C)c(CCNC(=O)c2ccc(S(=O)(=O)C(F)F)cc2)c(C)c1. The van der Waals surface area contributed by atoms with Crippen LogP contribution >= 0.6 is 0 Å². The third-order valence-electron chi connectivity index (χ3n) is 4.18. The summed E-state index contributed by atoms with van der Waals surface area (Å²) in [4.78, 5) is 11.6. The maximum Gasteiger partial charge on any atom is 0.341 e. The van der Waals surface area contributed by atoms with Crippen LogP contribution in [0.4, 0.5) is 8.78 Å². The van der Waals surface area contributed by atoms with Gasteiger partial charge in [0, 0.05) is 12.1 Å². The zero-order chi connectivity index (χ0) is 19.5. The first kappa shape index (κ1) is 20.0. The van der Waals surface area contributed by atoms with E-state index in [1.165, 1.54) is 34.4 Å². The molecule has 0 spiro atoms. The van der Waals surface area contributed by atoms with Gasteiger partial charge in [-0.3, -0.25) is 4.79 Å². The highest BCUT2D eigenvalue weighted by molar-refractivity contribution is 7.91. The van der Waals surface area contributed by atoms with E-state index in [-0.39, 0.29) is 11.5 Å². The molecule has 0 radical (unpaired) electrons. The van der Waals surface area contributed by atoms with Crippen molar-refractivity contribution < 1.29 is 22.0 Å². The van der Waals surface area contributed by atoms with Crippen LogP contribution in [0, 0.1) is 20.8 Å². The van der Waals surface area contributed by atoms with E-state index in [9.17, 15) is 22.0 Å². The van der Waals surface area contributed by atoms with Crippen LogP contribution in [0.2, 0.25) is 0 Å². The number of alkyl halides is 2. The van der Waals surface area contributed by atoms with Gasteiger partial charge in [-0.15, -0.1) is 0 Å². The molecule has 1 amide bonds. The molecule has 2 aromatic rings. The fourth-order valence-corrected chi connectivity index (χ4v) is 3.63. The highest BCUT2D eigenvalue weighted by atomic mass is 32.2. The number of halogens is 2. The first-order valence-corrected chi connectivity index (χ1v) is 9.64. The summed E-state index contributed by atoms with van der Waals surface area (Å²) in [5.74, 6) is -3.86. The lowest BCUT2D eigenvalue weighted by Gasteiger charge is -2.12. The molecule has 0 aliphatic rings. The van der Waals surface area contributed by atoms with Gasteiger partial charge in [0.25, 0.3) is 5.91 Å². The van der Waals surface area contributed by atoms with Crippen LogP contribution in [-0.4, -0.2) is 26.6 Å². The number of nitrogens with one attached hydrogen (secondary N) is 1. The van der Waals surface area contributed by atoms with Crippen molar-refractivity contribution in [1.29, 1.82) is 0 Å². The lowest BCUT2D eigenvalue weighted by Crippen LogP contribution is -2.26. The first-order chi connectivity index (χ1) is 12.1. The summed E-state index contributed by atoms with van der Waals surface area (Å²) < 4.78 is 47.8. The molecule has 1 N–H and O–H groups in total. The van der Waals surface area contributed by atoms with E-state index in [4.69, 9.17) is 0 Å². The molecule has 2 rings (SSSR count). The van der Waals surface area contributed by atoms with Crippen molar-refractivity contribution in [3.05, 3.63) is 64.2 Å². The predicted octanol–water partition coefficient (Wildman–Crippen LogP) is 3.58. The Kier molecular flexibility index (Phi) is 6.13. The van der Waals surface area contributed by atoms with Crippen molar-refractivity contribution in [2.45, 2.75) is 37.8 Å². The Morgan fingerprint density at radius 3 is 2.08 bits per heavy atom. The maximum absolute atomic E-state index is 12.5. The van der Waals surface area contributed by atoms with Crippen LogP contribution in [0.1, 0.15) is 32.6 Å². The predicted molar refractivity (Wildman–Crippen MR) is 96.3 cm³/mol. The summed E-state index contributed by atoms with van der Waals surface area (Å²) in [6, 6.07) is 8.67. The van der Waals surface area contributed by atoms with Crippen LogP contribution in [0.5, 0.6) is 0 Å². The quantitative estimate of drug-likeness (QED) is 0.832. The maximum atomic E-state index is 12.5. The highest BCUT2D eigenvalue weighted by Gasteiger charge is 2.26. The smallest absolute Gasteiger partial charge is 0.341 e. The Bertz CT molecular complexity index is 884. The highest BCUT2D eigenvalue weighted by Crippen LogP contribution is 2.19. The Morgan fingerprint density at radius 2 is 1.58 bits per heavy atom. The molecule has 26 heavy (non-hydrogen) atoms. The molecule has 0 aliphatic heterocycles. The second-order valence-electron chi connectivity index (χ2n) is 6.21. The number of rotatable bonds is 6. The molecule has 0 atom stereocenters. The van der Waals surface area contributed by atoms with Crippen molar-refractivity contribution in [3.63, 3.8) is 0 Å². The lowest BCUT2D eigenvalue weighted by atomic mass is 9.97. The molecule has 0 aliphatic carbocycles. The summed E-state index contributed by atoms with van der Waals surface area (Å²) in [5.41, 5.74) is 4.91. The first-order valence-electron chi connectivity index (χ1n) is 8.10. The van der Waals surface area contributed by atoms with Gasteiger partial charge in [0.2, 0.25) is 9.84 Å². The summed E-state index contributed by atoms with van der Waals surface area (Å²) in [6.07, 6.45) is 0.668. The van der Waals surface area contributed by atoms with Crippen molar-refractivity contribution in [1.82, 2.24) is 5.32 Å². The Balaban J connectivity index is 2.01. The number of carbonyl (C=O) groups excluding carboxylic acids is 1. The third kappa shape index (κ3) is 4.46. The number of sulfone groups is 1. The van der Waals surface area contributed by atoms with Crippen LogP contribution in [0.25, 0.3) is 0 Å². The molecule has 0 aromatic heterocycles. The van der Waals surface area contributed by atoms with E-state index >= 15 is 0 Å². The molecule has 4 nitrogen and oxygen atoms in total. The normalized spacial score (nSPS) is 11.6. The number of aryl methyl sites for hydroxylation is 3. The van der Waals surface area contributed by atoms with Crippen molar-refractivity contribution in [3.8, 4) is 0 Å². The minimum atomic E-state index is -4.65. The van der Waals surface area contributed by atoms with E-state index in [2.05, 4.69) is 17.4 Å². The van der Waals surface area contributed by atoms with Gasteiger partial charge in [-0.25, -0.2) is 8.42 Å². The van der Waals surface area contributed by atoms with E-state index < -0.39 is 20.5 Å². The topological polar surface area (TPSA) is 63.2 Å². The number of benzene rings is 2. The summed E-state index contributed by atoms with van der Waals surface area (Å²) in [7, 11) is -4.65. The number of hydrogen-bond acceptors (Lipinski definition) is 3. The van der Waals surface area contributed by atoms with Crippen LogP contribution in [0.3, 0.4) is 0 Å². The number of amides is 1. The minimum absolute atomic E-state index is 0.218. The number of carbonyl (C=O) groups is 1. The Hall–Kier alpha value is -2.28. The van der Waals surface area contributed by atoms with Crippen LogP contribution in [-0.2, 0) is 16.3 Å². The van der Waals surface area contributed by atoms with E-state index in [1.807, 2.05) is 20.8 Å². The number of hydrogen-bond donors (Lipinski definition) is 1. The molecular formula is C19H21F2NO3S. The summed E-state index contributed by atoms with van der Waals surface area (Å²) in [6.45, 7) is 6.50. The molecular weight excluding hydrogens is 360 g/mol. The molecule has 7 heteroatoms. The van der Waals surface area contributed by atoms with Crippen LogP contribution in [0.15, 0.2) is 41.3 Å². The zero-order valence-electron chi connectivity index (χ0n) is 14.8. The standard InChI is InChI=1S/C19H21F2NO3S/c1-12-10-13(2)17(14(3)11-12)8-9-22-18(23)15-4-6-16(7-5-15)26(24,25)19(20)21/h4-7,10-11,19H,8-9H2,1-3H3,(H,22,23). The molecule has 0 saturated heterocycles. The van der Waals surface area contributed by atoms with E-state index in [1.54, 1.807) is 0 Å². The summed E-state index contributed by atoms with van der Waals surface area (Å²) in [5, 5.41) is 2.76. The van der Waals surface area contributed by atoms with Gasteiger partial charge in [0.05, 0.1) is 4.90 Å². The van der Waals surface area contributed by atoms with Gasteiger partial charge < -0.3 is 5.32 Å². The van der Waals surface area contributed by atoms with Crippen molar-refractivity contribution in [2.24, 2.45) is 0 Å². The lowest BCUT2D eigenvalue weighted by molar-refractivity contribution is 0.0954. The van der Waals surface area contributed by atoms with Crippen molar-refractivity contribution >= 4 is 15.7 Å². The third-order valence-corrected chi connectivity index (χ3v) is 5.58. The van der Waals surface area contributed by atoms with Crippen LogP contribution < -0.4 is 5.32 Å². The fourth-order valence-electron chi connectivity index (χ4n) is 2.91. The van der Waals surface area contributed by atoms with Crippen molar-refractivity contribution in [2.75, 3.05) is 6.54 Å². The molecule has 140 valence electrons. The van der Waals surface area contributed by atoms with E-state index in [0.29, 0.717) is 13.0 Å². The average Bonchev–Trinajstić information content (AvgIpc) is 2.57. The minimum Gasteiger partial charge on any atom is -0.352 e.